The van der Waals surface area contributed by atoms with Gasteiger partial charge in [-0.1, -0.05) is 23.7 Å². The molecule has 0 spiro atoms. The Kier molecular flexibility index (Phi) is 6.07. The van der Waals surface area contributed by atoms with Gasteiger partial charge in [0.25, 0.3) is 0 Å². The number of ether oxygens (including phenoxy) is 1. The fourth-order valence-corrected chi connectivity index (χ4v) is 3.31. The molecule has 0 aliphatic carbocycles. The number of halogens is 2. The van der Waals surface area contributed by atoms with Crippen molar-refractivity contribution in [2.24, 2.45) is 0 Å². The molecule has 25 heavy (non-hydrogen) atoms. The zero-order valence-corrected chi connectivity index (χ0v) is 16.2. The summed E-state index contributed by atoms with van der Waals surface area (Å²) in [6, 6.07) is 14.7. The van der Waals surface area contributed by atoms with Gasteiger partial charge in [0.2, 0.25) is 5.91 Å². The summed E-state index contributed by atoms with van der Waals surface area (Å²) in [6.07, 6.45) is 0.221. The number of aromatic nitrogens is 1. The minimum atomic E-state index is -0.109. The molecule has 3 rings (SSSR count). The summed E-state index contributed by atoms with van der Waals surface area (Å²) in [7, 11) is 0. The van der Waals surface area contributed by atoms with E-state index in [1.54, 1.807) is 12.1 Å². The van der Waals surface area contributed by atoms with E-state index in [-0.39, 0.29) is 12.3 Å². The van der Waals surface area contributed by atoms with Crippen LogP contribution in [0.3, 0.4) is 0 Å². The Labute approximate surface area is 162 Å². The molecule has 0 atom stereocenters. The fourth-order valence-electron chi connectivity index (χ4n) is 2.09. The Morgan fingerprint density at radius 2 is 1.96 bits per heavy atom. The lowest BCUT2D eigenvalue weighted by atomic mass is 10.3. The van der Waals surface area contributed by atoms with Crippen molar-refractivity contribution in [2.45, 2.75) is 13.0 Å². The highest BCUT2D eigenvalue weighted by Gasteiger charge is 2.10. The third-order valence-electron chi connectivity index (χ3n) is 3.26. The first kappa shape index (κ1) is 17.9. The molecule has 0 saturated heterocycles. The second-order valence-corrected chi connectivity index (χ2v) is 7.41. The molecule has 0 saturated carbocycles. The first-order valence-electron chi connectivity index (χ1n) is 7.46. The Balaban J connectivity index is 1.53. The first-order valence-corrected chi connectivity index (χ1v) is 9.51. The molecule has 4 nitrogen and oxygen atoms in total. The lowest BCUT2D eigenvalue weighted by molar-refractivity contribution is -0.115. The Morgan fingerprint density at radius 1 is 1.20 bits per heavy atom. The zero-order valence-electron chi connectivity index (χ0n) is 13.0. The van der Waals surface area contributed by atoms with Gasteiger partial charge < -0.3 is 10.1 Å². The molecule has 0 aliphatic heterocycles. The SMILES string of the molecule is O=C(Cc1csc(COc2ccc(Cl)cc2)n1)Nc1ccccc1Br. The number of nitrogens with one attached hydrogen (secondary N) is 1. The zero-order chi connectivity index (χ0) is 17.6. The Bertz CT molecular complexity index is 868. The van der Waals surface area contributed by atoms with Crippen molar-refractivity contribution in [3.63, 3.8) is 0 Å². The smallest absolute Gasteiger partial charge is 0.230 e. The number of amides is 1. The molecule has 1 heterocycles. The summed E-state index contributed by atoms with van der Waals surface area (Å²) in [5.41, 5.74) is 1.47. The molecule has 1 amide bonds. The van der Waals surface area contributed by atoms with Crippen molar-refractivity contribution < 1.29 is 9.53 Å². The largest absolute Gasteiger partial charge is 0.486 e. The van der Waals surface area contributed by atoms with Crippen LogP contribution in [-0.4, -0.2) is 10.9 Å². The summed E-state index contributed by atoms with van der Waals surface area (Å²) in [6.45, 7) is 0.359. The van der Waals surface area contributed by atoms with E-state index in [4.69, 9.17) is 16.3 Å². The van der Waals surface area contributed by atoms with Crippen LogP contribution in [0.15, 0.2) is 58.4 Å². The van der Waals surface area contributed by atoms with Crippen LogP contribution in [0.25, 0.3) is 0 Å². The van der Waals surface area contributed by atoms with Gasteiger partial charge in [-0.15, -0.1) is 11.3 Å². The average molecular weight is 438 g/mol. The van der Waals surface area contributed by atoms with Crippen molar-refractivity contribution in [1.29, 1.82) is 0 Å². The third kappa shape index (κ3) is 5.29. The van der Waals surface area contributed by atoms with E-state index in [1.165, 1.54) is 11.3 Å². The van der Waals surface area contributed by atoms with Gasteiger partial charge in [0, 0.05) is 14.9 Å². The maximum absolute atomic E-state index is 12.1. The van der Waals surface area contributed by atoms with E-state index in [0.717, 1.165) is 26.6 Å². The normalized spacial score (nSPS) is 10.5. The van der Waals surface area contributed by atoms with Crippen LogP contribution in [0.2, 0.25) is 5.02 Å². The van der Waals surface area contributed by atoms with E-state index in [2.05, 4.69) is 26.2 Å². The van der Waals surface area contributed by atoms with Gasteiger partial charge in [-0.05, 0) is 52.3 Å². The molecule has 0 fully saturated rings. The van der Waals surface area contributed by atoms with Gasteiger partial charge in [-0.3, -0.25) is 4.79 Å². The standard InChI is InChI=1S/C18H14BrClN2O2S/c19-15-3-1-2-4-16(15)22-17(23)9-13-11-25-18(21-13)10-24-14-7-5-12(20)6-8-14/h1-8,11H,9-10H2,(H,22,23). The topological polar surface area (TPSA) is 51.2 Å². The maximum atomic E-state index is 12.1. The van der Waals surface area contributed by atoms with Crippen LogP contribution in [0, 0.1) is 0 Å². The second kappa shape index (κ2) is 8.47. The number of para-hydroxylation sites is 1. The third-order valence-corrected chi connectivity index (χ3v) is 5.08. The van der Waals surface area contributed by atoms with Crippen molar-refractivity contribution in [2.75, 3.05) is 5.32 Å². The number of nitrogens with zero attached hydrogens (tertiary/aromatic N) is 1. The molecule has 0 radical (unpaired) electrons. The summed E-state index contributed by atoms with van der Waals surface area (Å²) < 4.78 is 6.51. The molecule has 1 aromatic heterocycles. The molecule has 0 unspecified atom stereocenters. The lowest BCUT2D eigenvalue weighted by Gasteiger charge is -2.06. The van der Waals surface area contributed by atoms with Crippen LogP contribution in [0.4, 0.5) is 5.69 Å². The number of benzene rings is 2. The minimum absolute atomic E-state index is 0.109. The number of carbonyl (C=O) groups is 1. The van der Waals surface area contributed by atoms with Crippen molar-refractivity contribution >= 4 is 50.5 Å². The number of carbonyl (C=O) groups excluding carboxylic acids is 1. The van der Waals surface area contributed by atoms with E-state index in [9.17, 15) is 4.79 Å². The second-order valence-electron chi connectivity index (χ2n) is 5.18. The van der Waals surface area contributed by atoms with E-state index < -0.39 is 0 Å². The van der Waals surface area contributed by atoms with Crippen molar-refractivity contribution in [3.8, 4) is 5.75 Å². The summed E-state index contributed by atoms with van der Waals surface area (Å²) in [5, 5.41) is 6.23. The fraction of sp³-hybridized carbons (Fsp3) is 0.111. The molecular formula is C18H14BrClN2O2S. The number of hydrogen-bond acceptors (Lipinski definition) is 4. The van der Waals surface area contributed by atoms with E-state index in [1.807, 2.05) is 41.8 Å². The number of hydrogen-bond donors (Lipinski definition) is 1. The Morgan fingerprint density at radius 3 is 2.72 bits per heavy atom. The van der Waals surface area contributed by atoms with Gasteiger partial charge in [0.15, 0.2) is 0 Å². The monoisotopic (exact) mass is 436 g/mol. The minimum Gasteiger partial charge on any atom is -0.486 e. The van der Waals surface area contributed by atoms with Crippen LogP contribution in [-0.2, 0) is 17.8 Å². The quantitative estimate of drug-likeness (QED) is 0.568. The number of thiazole rings is 1. The van der Waals surface area contributed by atoms with Gasteiger partial charge in [-0.25, -0.2) is 4.98 Å². The van der Waals surface area contributed by atoms with Crippen LogP contribution < -0.4 is 10.1 Å². The van der Waals surface area contributed by atoms with Crippen LogP contribution in [0.5, 0.6) is 5.75 Å². The first-order chi connectivity index (χ1) is 12.1. The van der Waals surface area contributed by atoms with Gasteiger partial charge >= 0.3 is 0 Å². The lowest BCUT2D eigenvalue weighted by Crippen LogP contribution is -2.15. The molecular weight excluding hydrogens is 424 g/mol. The average Bonchev–Trinajstić information content (AvgIpc) is 3.04. The molecule has 2 aromatic carbocycles. The van der Waals surface area contributed by atoms with Crippen LogP contribution in [0.1, 0.15) is 10.7 Å². The van der Waals surface area contributed by atoms with Crippen molar-refractivity contribution in [1.82, 2.24) is 4.98 Å². The highest BCUT2D eigenvalue weighted by atomic mass is 79.9. The number of rotatable bonds is 6. The Hall–Kier alpha value is -1.89. The predicted molar refractivity (Wildman–Crippen MR) is 104 cm³/mol. The van der Waals surface area contributed by atoms with Gasteiger partial charge in [-0.2, -0.15) is 0 Å². The number of anilines is 1. The molecule has 1 N–H and O–H groups in total. The predicted octanol–water partition coefficient (Wildman–Crippen LogP) is 5.32. The maximum Gasteiger partial charge on any atom is 0.230 e. The molecule has 0 bridgehead atoms. The summed E-state index contributed by atoms with van der Waals surface area (Å²) in [4.78, 5) is 16.6. The van der Waals surface area contributed by atoms with Crippen LogP contribution >= 0.6 is 38.9 Å². The van der Waals surface area contributed by atoms with E-state index in [0.29, 0.717) is 11.6 Å². The van der Waals surface area contributed by atoms with Gasteiger partial charge in [0.1, 0.15) is 17.4 Å². The molecule has 0 aliphatic rings. The highest BCUT2D eigenvalue weighted by molar-refractivity contribution is 9.10. The summed E-state index contributed by atoms with van der Waals surface area (Å²) >= 11 is 10.7. The highest BCUT2D eigenvalue weighted by Crippen LogP contribution is 2.22. The molecule has 3 aromatic rings. The van der Waals surface area contributed by atoms with E-state index >= 15 is 0 Å². The van der Waals surface area contributed by atoms with Crippen molar-refractivity contribution in [3.05, 3.63) is 74.1 Å². The van der Waals surface area contributed by atoms with Gasteiger partial charge in [0.05, 0.1) is 17.8 Å². The molecule has 7 heteroatoms. The summed E-state index contributed by atoms with van der Waals surface area (Å²) in [5.74, 6) is 0.621. The molecule has 128 valence electrons.